The van der Waals surface area contributed by atoms with E-state index in [9.17, 15) is 14.0 Å². The summed E-state index contributed by atoms with van der Waals surface area (Å²) < 4.78 is 13.6. The first-order valence-electron chi connectivity index (χ1n) is 8.48. The first kappa shape index (κ1) is 21.3. The van der Waals surface area contributed by atoms with E-state index in [1.807, 2.05) is 19.9 Å². The number of carbonyl (C=O) groups excluding carboxylic acids is 2. The van der Waals surface area contributed by atoms with Crippen molar-refractivity contribution in [3.8, 4) is 0 Å². The van der Waals surface area contributed by atoms with E-state index in [-0.39, 0.29) is 23.4 Å². The highest BCUT2D eigenvalue weighted by molar-refractivity contribution is 5.92. The van der Waals surface area contributed by atoms with E-state index in [0.717, 1.165) is 31.2 Å². The molecule has 1 amide bonds. The SMILES string of the molecule is CC.CC(=O)CCCCCc1cc(F)cc(NC(=O)C(C)C)c1. The fourth-order valence-electron chi connectivity index (χ4n) is 2.03. The van der Waals surface area contributed by atoms with Gasteiger partial charge in [-0.05, 0) is 49.9 Å². The second kappa shape index (κ2) is 11.8. The molecule has 0 saturated carbocycles. The summed E-state index contributed by atoms with van der Waals surface area (Å²) in [5, 5.41) is 2.72. The van der Waals surface area contributed by atoms with Crippen molar-refractivity contribution in [2.45, 2.75) is 66.7 Å². The van der Waals surface area contributed by atoms with Crippen LogP contribution in [0.25, 0.3) is 0 Å². The molecule has 0 fully saturated rings. The molecule has 1 N–H and O–H groups in total. The van der Waals surface area contributed by atoms with Crippen LogP contribution in [0, 0.1) is 11.7 Å². The third-order valence-corrected chi connectivity index (χ3v) is 3.24. The highest BCUT2D eigenvalue weighted by atomic mass is 19.1. The molecule has 1 rings (SSSR count). The molecule has 0 spiro atoms. The van der Waals surface area contributed by atoms with Crippen LogP contribution in [0.3, 0.4) is 0 Å². The molecule has 0 aliphatic carbocycles. The van der Waals surface area contributed by atoms with Gasteiger partial charge in [-0.3, -0.25) is 4.79 Å². The van der Waals surface area contributed by atoms with Crippen LogP contribution in [-0.2, 0) is 16.0 Å². The Morgan fingerprint density at radius 3 is 2.30 bits per heavy atom. The van der Waals surface area contributed by atoms with E-state index >= 15 is 0 Å². The quantitative estimate of drug-likeness (QED) is 0.673. The van der Waals surface area contributed by atoms with Crippen molar-refractivity contribution in [1.29, 1.82) is 0 Å². The fraction of sp³-hybridized carbons (Fsp3) is 0.579. The highest BCUT2D eigenvalue weighted by Crippen LogP contribution is 2.17. The van der Waals surface area contributed by atoms with Gasteiger partial charge in [0.15, 0.2) is 0 Å². The van der Waals surface area contributed by atoms with E-state index in [1.165, 1.54) is 12.1 Å². The Balaban J connectivity index is 0.00000232. The molecule has 0 heterocycles. The predicted molar refractivity (Wildman–Crippen MR) is 94.1 cm³/mol. The minimum Gasteiger partial charge on any atom is -0.326 e. The van der Waals surface area contributed by atoms with Gasteiger partial charge in [-0.1, -0.05) is 34.1 Å². The van der Waals surface area contributed by atoms with Crippen molar-refractivity contribution in [2.75, 3.05) is 5.32 Å². The van der Waals surface area contributed by atoms with Crippen LogP contribution < -0.4 is 5.32 Å². The summed E-state index contributed by atoms with van der Waals surface area (Å²) in [7, 11) is 0. The number of nitrogens with one attached hydrogen (secondary N) is 1. The number of hydrogen-bond donors (Lipinski definition) is 1. The molecular weight excluding hydrogens is 293 g/mol. The van der Waals surface area contributed by atoms with Crippen LogP contribution in [0.5, 0.6) is 0 Å². The molecule has 0 atom stereocenters. The summed E-state index contributed by atoms with van der Waals surface area (Å²) >= 11 is 0. The molecule has 3 nitrogen and oxygen atoms in total. The molecule has 23 heavy (non-hydrogen) atoms. The van der Waals surface area contributed by atoms with Gasteiger partial charge in [-0.2, -0.15) is 0 Å². The number of unbranched alkanes of at least 4 members (excludes halogenated alkanes) is 2. The second-order valence-electron chi connectivity index (χ2n) is 5.75. The smallest absolute Gasteiger partial charge is 0.226 e. The van der Waals surface area contributed by atoms with Gasteiger partial charge < -0.3 is 10.1 Å². The number of Topliss-reactive ketones (excluding diaryl/α,β-unsaturated/α-hetero) is 1. The Kier molecular flexibility index (Phi) is 10.9. The number of amides is 1. The summed E-state index contributed by atoms with van der Waals surface area (Å²) in [4.78, 5) is 22.5. The number of benzene rings is 1. The van der Waals surface area contributed by atoms with Gasteiger partial charge in [0.25, 0.3) is 0 Å². The second-order valence-corrected chi connectivity index (χ2v) is 5.75. The van der Waals surface area contributed by atoms with Crippen LogP contribution in [0.15, 0.2) is 18.2 Å². The molecule has 130 valence electrons. The zero-order valence-corrected chi connectivity index (χ0v) is 15.0. The molecule has 0 aliphatic heterocycles. The van der Waals surface area contributed by atoms with Gasteiger partial charge in [-0.25, -0.2) is 4.39 Å². The van der Waals surface area contributed by atoms with Crippen LogP contribution in [0.2, 0.25) is 0 Å². The lowest BCUT2D eigenvalue weighted by Crippen LogP contribution is -2.17. The summed E-state index contributed by atoms with van der Waals surface area (Å²) in [5.74, 6) is -0.383. The Morgan fingerprint density at radius 1 is 1.09 bits per heavy atom. The average molecular weight is 323 g/mol. The van der Waals surface area contributed by atoms with Crippen LogP contribution >= 0.6 is 0 Å². The minimum atomic E-state index is -0.338. The normalized spacial score (nSPS) is 10.0. The number of anilines is 1. The zero-order valence-electron chi connectivity index (χ0n) is 15.0. The predicted octanol–water partition coefficient (Wildman–Crippen LogP) is 5.14. The van der Waals surface area contributed by atoms with Crippen molar-refractivity contribution < 1.29 is 14.0 Å². The van der Waals surface area contributed by atoms with Gasteiger partial charge in [0.1, 0.15) is 11.6 Å². The summed E-state index contributed by atoms with van der Waals surface area (Å²) in [6, 6.07) is 4.64. The third kappa shape index (κ3) is 9.82. The summed E-state index contributed by atoms with van der Waals surface area (Å²) in [6.45, 7) is 9.19. The topological polar surface area (TPSA) is 46.2 Å². The van der Waals surface area contributed by atoms with E-state index in [2.05, 4.69) is 5.32 Å². The Hall–Kier alpha value is -1.71. The lowest BCUT2D eigenvalue weighted by Gasteiger charge is -2.10. The Bertz CT molecular complexity index is 498. The summed E-state index contributed by atoms with van der Waals surface area (Å²) in [6.07, 6.45) is 4.10. The van der Waals surface area contributed by atoms with Crippen molar-refractivity contribution >= 4 is 17.4 Å². The molecule has 0 saturated heterocycles. The number of halogens is 1. The highest BCUT2D eigenvalue weighted by Gasteiger charge is 2.08. The fourth-order valence-corrected chi connectivity index (χ4v) is 2.03. The maximum absolute atomic E-state index is 13.6. The van der Waals surface area contributed by atoms with Crippen LogP contribution in [0.4, 0.5) is 10.1 Å². The molecular formula is C19H30FNO2. The first-order chi connectivity index (χ1) is 10.9. The molecule has 1 aromatic carbocycles. The van der Waals surface area contributed by atoms with E-state index in [4.69, 9.17) is 0 Å². The van der Waals surface area contributed by atoms with Gasteiger partial charge >= 0.3 is 0 Å². The van der Waals surface area contributed by atoms with E-state index in [0.29, 0.717) is 12.1 Å². The van der Waals surface area contributed by atoms with E-state index in [1.54, 1.807) is 20.8 Å². The summed E-state index contributed by atoms with van der Waals surface area (Å²) in [5.41, 5.74) is 1.38. The first-order valence-corrected chi connectivity index (χ1v) is 8.48. The van der Waals surface area contributed by atoms with Crippen LogP contribution in [-0.4, -0.2) is 11.7 Å². The number of carbonyl (C=O) groups is 2. The number of aryl methyl sites for hydroxylation is 1. The number of hydrogen-bond acceptors (Lipinski definition) is 2. The van der Waals surface area contributed by atoms with Gasteiger partial charge in [-0.15, -0.1) is 0 Å². The number of ketones is 1. The largest absolute Gasteiger partial charge is 0.326 e. The number of rotatable bonds is 8. The minimum absolute atomic E-state index is 0.118. The Labute approximate surface area is 139 Å². The maximum Gasteiger partial charge on any atom is 0.226 e. The zero-order chi connectivity index (χ0) is 17.8. The molecule has 0 aromatic heterocycles. The van der Waals surface area contributed by atoms with Gasteiger partial charge in [0.2, 0.25) is 5.91 Å². The van der Waals surface area contributed by atoms with Crippen LogP contribution in [0.1, 0.15) is 65.9 Å². The monoisotopic (exact) mass is 323 g/mol. The maximum atomic E-state index is 13.6. The lowest BCUT2D eigenvalue weighted by atomic mass is 10.0. The third-order valence-electron chi connectivity index (χ3n) is 3.24. The standard InChI is InChI=1S/C17H24FNO2.C2H6/c1-12(2)17(21)19-16-10-14(9-15(18)11-16)8-6-4-5-7-13(3)20;1-2/h9-12H,4-8H2,1-3H3,(H,19,21);1-2H3. The van der Waals surface area contributed by atoms with Gasteiger partial charge in [0, 0.05) is 18.0 Å². The molecule has 0 bridgehead atoms. The van der Waals surface area contributed by atoms with Gasteiger partial charge in [0.05, 0.1) is 0 Å². The Morgan fingerprint density at radius 2 is 1.74 bits per heavy atom. The molecule has 4 heteroatoms. The molecule has 0 aliphatic rings. The lowest BCUT2D eigenvalue weighted by molar-refractivity contribution is -0.119. The van der Waals surface area contributed by atoms with Crippen molar-refractivity contribution in [2.24, 2.45) is 5.92 Å². The molecule has 0 radical (unpaired) electrons. The van der Waals surface area contributed by atoms with Crippen molar-refractivity contribution in [3.63, 3.8) is 0 Å². The van der Waals surface area contributed by atoms with E-state index < -0.39 is 0 Å². The average Bonchev–Trinajstić information content (AvgIpc) is 2.48. The molecule has 0 unspecified atom stereocenters. The van der Waals surface area contributed by atoms with Crippen molar-refractivity contribution in [3.05, 3.63) is 29.6 Å². The van der Waals surface area contributed by atoms with Crippen molar-refractivity contribution in [1.82, 2.24) is 0 Å². The molecule has 1 aromatic rings.